The van der Waals surface area contributed by atoms with Gasteiger partial charge in [0.1, 0.15) is 6.04 Å². The van der Waals surface area contributed by atoms with Gasteiger partial charge in [-0.1, -0.05) is 0 Å². The van der Waals surface area contributed by atoms with Crippen molar-refractivity contribution in [2.24, 2.45) is 0 Å². The number of nitrogens with one attached hydrogen (secondary N) is 1. The van der Waals surface area contributed by atoms with E-state index in [1.807, 2.05) is 12.2 Å². The van der Waals surface area contributed by atoms with E-state index < -0.39 is 30.5 Å². The Kier molecular flexibility index (Phi) is 5.79. The van der Waals surface area contributed by atoms with Crippen molar-refractivity contribution >= 4 is 11.9 Å². The Bertz CT molecular complexity index is 359. The number of carbonyl (C=O) groups excluding carboxylic acids is 1. The van der Waals surface area contributed by atoms with Crippen LogP contribution in [-0.4, -0.2) is 41.4 Å². The van der Waals surface area contributed by atoms with E-state index in [-0.39, 0.29) is 18.6 Å². The lowest BCUT2D eigenvalue weighted by molar-refractivity contribution is -0.160. The van der Waals surface area contributed by atoms with Gasteiger partial charge in [0.15, 0.2) is 0 Å². The fraction of sp³-hybridized carbons (Fsp3) is 0.833. The highest BCUT2D eigenvalue weighted by molar-refractivity contribution is 5.83. The van der Waals surface area contributed by atoms with Crippen LogP contribution in [0.5, 0.6) is 0 Å². The molecule has 5 nitrogen and oxygen atoms in total. The molecule has 0 saturated carbocycles. The number of ether oxygens (including phenoxy) is 1. The number of hydrogen-bond donors (Lipinski definition) is 2. The quantitative estimate of drug-likeness (QED) is 0.784. The normalized spacial score (nSPS) is 24.4. The molecule has 0 bridgehead atoms. The second-order valence-corrected chi connectivity index (χ2v) is 4.96. The Morgan fingerprint density at radius 3 is 2.50 bits per heavy atom. The van der Waals surface area contributed by atoms with Gasteiger partial charge in [-0.15, -0.1) is 0 Å². The lowest BCUT2D eigenvalue weighted by Crippen LogP contribution is -2.43. The summed E-state index contributed by atoms with van der Waals surface area (Å²) in [5.41, 5.74) is 0. The van der Waals surface area contributed by atoms with Crippen molar-refractivity contribution in [1.29, 1.82) is 0 Å². The Hall–Kier alpha value is -1.31. The molecule has 1 saturated heterocycles. The lowest BCUT2D eigenvalue weighted by Gasteiger charge is -2.17. The van der Waals surface area contributed by atoms with E-state index in [0.29, 0.717) is 6.42 Å². The Labute approximate surface area is 114 Å². The van der Waals surface area contributed by atoms with E-state index >= 15 is 0 Å². The second kappa shape index (κ2) is 6.92. The van der Waals surface area contributed by atoms with E-state index in [4.69, 9.17) is 9.84 Å². The zero-order valence-corrected chi connectivity index (χ0v) is 11.1. The number of carboxylic acids is 1. The third-order valence-corrected chi connectivity index (χ3v) is 3.08. The molecule has 0 aromatic heterocycles. The molecule has 1 fully saturated rings. The third-order valence-electron chi connectivity index (χ3n) is 3.08. The van der Waals surface area contributed by atoms with E-state index in [2.05, 4.69) is 0 Å². The van der Waals surface area contributed by atoms with Crippen LogP contribution in [0.2, 0.25) is 0 Å². The zero-order chi connectivity index (χ0) is 15.3. The predicted molar refractivity (Wildman–Crippen MR) is 63.0 cm³/mol. The average molecular weight is 297 g/mol. The Morgan fingerprint density at radius 2 is 2.05 bits per heavy atom. The van der Waals surface area contributed by atoms with Crippen LogP contribution in [0.25, 0.3) is 0 Å². The fourth-order valence-electron chi connectivity index (χ4n) is 2.09. The largest absolute Gasteiger partial charge is 0.480 e. The first kappa shape index (κ1) is 16.7. The summed E-state index contributed by atoms with van der Waals surface area (Å²) in [5, 5.41) is 10.6. The van der Waals surface area contributed by atoms with Crippen LogP contribution < -0.4 is 5.32 Å². The molecule has 0 aromatic carbocycles. The topological polar surface area (TPSA) is 75.6 Å². The van der Waals surface area contributed by atoms with Crippen molar-refractivity contribution in [3.05, 3.63) is 0 Å². The first-order chi connectivity index (χ1) is 9.17. The van der Waals surface area contributed by atoms with Gasteiger partial charge >= 0.3 is 12.1 Å². The number of hydrogen-bond acceptors (Lipinski definition) is 3. The maximum atomic E-state index is 12.2. The molecule has 8 heteroatoms. The maximum Gasteiger partial charge on any atom is 0.391 e. The highest BCUT2D eigenvalue weighted by Crippen LogP contribution is 2.23. The highest BCUT2D eigenvalue weighted by Gasteiger charge is 2.36. The molecule has 0 spiro atoms. The molecule has 0 aliphatic carbocycles. The van der Waals surface area contributed by atoms with Crippen LogP contribution >= 0.6 is 0 Å². The monoisotopic (exact) mass is 297 g/mol. The average Bonchev–Trinajstić information content (AvgIpc) is 2.70. The number of alkyl halides is 3. The van der Waals surface area contributed by atoms with Gasteiger partial charge in [0.2, 0.25) is 5.91 Å². The molecule has 0 radical (unpaired) electrons. The van der Waals surface area contributed by atoms with E-state index in [1.165, 1.54) is 0 Å². The number of rotatable bonds is 6. The zero-order valence-electron chi connectivity index (χ0n) is 11.1. The van der Waals surface area contributed by atoms with Gasteiger partial charge in [-0.05, 0) is 26.2 Å². The smallest absolute Gasteiger partial charge is 0.391 e. The molecule has 1 heterocycles. The van der Waals surface area contributed by atoms with Gasteiger partial charge in [-0.2, -0.15) is 13.2 Å². The number of aliphatic carboxylic acids is 1. The molecule has 3 unspecified atom stereocenters. The number of halogens is 3. The third kappa shape index (κ3) is 6.23. The first-order valence-electron chi connectivity index (χ1n) is 6.42. The first-order valence-corrected chi connectivity index (χ1v) is 6.42. The number of carboxylic acid groups (broad SMARTS) is 1. The van der Waals surface area contributed by atoms with Crippen LogP contribution in [0.15, 0.2) is 0 Å². The summed E-state index contributed by atoms with van der Waals surface area (Å²) in [4.78, 5) is 22.2. The minimum absolute atomic E-state index is 0.0426. The number of amides is 1. The molecule has 1 rings (SSSR count). The maximum absolute atomic E-state index is 12.2. The number of carbonyl (C=O) groups is 2. The van der Waals surface area contributed by atoms with Crippen LogP contribution in [0.1, 0.15) is 39.0 Å². The second-order valence-electron chi connectivity index (χ2n) is 4.96. The van der Waals surface area contributed by atoms with Gasteiger partial charge in [0.05, 0.1) is 18.6 Å². The van der Waals surface area contributed by atoms with Crippen LogP contribution in [0, 0.1) is 0 Å². The SMILES string of the molecule is CC1CCC(CCC(=O)NC(CC(F)(F)F)C(=O)O)O1. The van der Waals surface area contributed by atoms with Crippen LogP contribution in [-0.2, 0) is 14.3 Å². The molecule has 0 aromatic rings. The molecule has 3 atom stereocenters. The molecular formula is C12H18F3NO4. The summed E-state index contributed by atoms with van der Waals surface area (Å²) in [6.07, 6.45) is -4.14. The standard InChI is InChI=1S/C12H18F3NO4/c1-7-2-3-8(20-7)4-5-10(17)16-9(11(18)19)6-12(13,14)15/h7-9H,2-6H2,1H3,(H,16,17)(H,18,19). The highest BCUT2D eigenvalue weighted by atomic mass is 19.4. The van der Waals surface area contributed by atoms with Gasteiger partial charge < -0.3 is 15.2 Å². The van der Waals surface area contributed by atoms with E-state index in [1.54, 1.807) is 0 Å². The fourth-order valence-corrected chi connectivity index (χ4v) is 2.09. The minimum Gasteiger partial charge on any atom is -0.480 e. The van der Waals surface area contributed by atoms with Crippen molar-refractivity contribution in [3.63, 3.8) is 0 Å². The van der Waals surface area contributed by atoms with Gasteiger partial charge in [-0.25, -0.2) is 4.79 Å². The summed E-state index contributed by atoms with van der Waals surface area (Å²) in [5.74, 6) is -2.40. The molecule has 1 aliphatic heterocycles. The van der Waals surface area contributed by atoms with E-state index in [0.717, 1.165) is 12.8 Å². The molecule has 2 N–H and O–H groups in total. The van der Waals surface area contributed by atoms with Crippen LogP contribution in [0.3, 0.4) is 0 Å². The lowest BCUT2D eigenvalue weighted by atomic mass is 10.1. The summed E-state index contributed by atoms with van der Waals surface area (Å²) in [7, 11) is 0. The van der Waals surface area contributed by atoms with Gasteiger partial charge in [0, 0.05) is 6.42 Å². The summed E-state index contributed by atoms with van der Waals surface area (Å²) in [6, 6.07) is -1.94. The summed E-state index contributed by atoms with van der Waals surface area (Å²) < 4.78 is 41.9. The van der Waals surface area contributed by atoms with Crippen molar-refractivity contribution in [2.45, 2.75) is 63.5 Å². The Balaban J connectivity index is 2.36. The molecule has 1 amide bonds. The van der Waals surface area contributed by atoms with Crippen molar-refractivity contribution in [2.75, 3.05) is 0 Å². The van der Waals surface area contributed by atoms with Crippen molar-refractivity contribution < 1.29 is 32.6 Å². The minimum atomic E-state index is -4.64. The Morgan fingerprint density at radius 1 is 1.40 bits per heavy atom. The van der Waals surface area contributed by atoms with Crippen LogP contribution in [0.4, 0.5) is 13.2 Å². The van der Waals surface area contributed by atoms with Gasteiger partial charge in [-0.3, -0.25) is 4.79 Å². The molecular weight excluding hydrogens is 279 g/mol. The van der Waals surface area contributed by atoms with Crippen molar-refractivity contribution in [3.8, 4) is 0 Å². The van der Waals surface area contributed by atoms with E-state index in [9.17, 15) is 22.8 Å². The summed E-state index contributed by atoms with van der Waals surface area (Å²) in [6.45, 7) is 1.91. The summed E-state index contributed by atoms with van der Waals surface area (Å²) >= 11 is 0. The van der Waals surface area contributed by atoms with Crippen molar-refractivity contribution in [1.82, 2.24) is 5.32 Å². The predicted octanol–water partition coefficient (Wildman–Crippen LogP) is 1.86. The van der Waals surface area contributed by atoms with Gasteiger partial charge in [0.25, 0.3) is 0 Å². The molecule has 116 valence electrons. The molecule has 20 heavy (non-hydrogen) atoms. The molecule has 1 aliphatic rings.